The van der Waals surface area contributed by atoms with Crippen molar-refractivity contribution in [1.82, 2.24) is 4.90 Å². The summed E-state index contributed by atoms with van der Waals surface area (Å²) < 4.78 is 6.16. The Morgan fingerprint density at radius 2 is 1.88 bits per heavy atom. The van der Waals surface area contributed by atoms with Crippen LogP contribution in [0.1, 0.15) is 5.56 Å². The standard InChI is InChI=1S/C20H17BrN2O2S/c1-3-12-23-19(24)18(13-14-4-6-15(21)7-5-14)26-20(23)22-16-8-10-17(25-2)11-9-16/h3-11,13H,1,12H2,2H3. The van der Waals surface area contributed by atoms with Crippen molar-refractivity contribution < 1.29 is 9.53 Å². The highest BCUT2D eigenvalue weighted by Gasteiger charge is 2.32. The van der Waals surface area contributed by atoms with E-state index in [2.05, 4.69) is 27.5 Å². The SMILES string of the molecule is C=CCN1C(=O)C(=Cc2ccc(Br)cc2)SC1=Nc1ccc(OC)cc1. The molecule has 1 amide bonds. The fourth-order valence-electron chi connectivity index (χ4n) is 2.36. The van der Waals surface area contributed by atoms with Crippen molar-refractivity contribution in [1.29, 1.82) is 0 Å². The van der Waals surface area contributed by atoms with Crippen LogP contribution in [0.3, 0.4) is 0 Å². The summed E-state index contributed by atoms with van der Waals surface area (Å²) in [6.07, 6.45) is 3.58. The summed E-state index contributed by atoms with van der Waals surface area (Å²) in [5, 5.41) is 0.642. The number of amides is 1. The molecule has 0 aliphatic carbocycles. The van der Waals surface area contributed by atoms with E-state index in [1.807, 2.05) is 54.6 Å². The average molecular weight is 429 g/mol. The number of hydrogen-bond donors (Lipinski definition) is 0. The van der Waals surface area contributed by atoms with E-state index in [0.717, 1.165) is 21.5 Å². The van der Waals surface area contributed by atoms with Gasteiger partial charge in [0, 0.05) is 11.0 Å². The van der Waals surface area contributed by atoms with Crippen LogP contribution in [0, 0.1) is 0 Å². The Hall–Kier alpha value is -2.31. The minimum atomic E-state index is -0.0647. The molecule has 0 atom stereocenters. The monoisotopic (exact) mass is 428 g/mol. The van der Waals surface area contributed by atoms with Crippen LogP contribution in [0.2, 0.25) is 0 Å². The molecule has 0 N–H and O–H groups in total. The molecule has 0 aromatic heterocycles. The van der Waals surface area contributed by atoms with E-state index in [1.54, 1.807) is 18.1 Å². The van der Waals surface area contributed by atoms with Crippen molar-refractivity contribution in [3.05, 3.63) is 76.1 Å². The normalized spacial score (nSPS) is 17.2. The Labute approximate surface area is 165 Å². The third kappa shape index (κ3) is 4.26. The maximum Gasteiger partial charge on any atom is 0.267 e. The molecule has 0 spiro atoms. The molecule has 1 saturated heterocycles. The zero-order valence-corrected chi connectivity index (χ0v) is 16.6. The van der Waals surface area contributed by atoms with E-state index in [0.29, 0.717) is 16.6 Å². The fraction of sp³-hybridized carbons (Fsp3) is 0.100. The van der Waals surface area contributed by atoms with Gasteiger partial charge < -0.3 is 4.74 Å². The van der Waals surface area contributed by atoms with Gasteiger partial charge in [-0.3, -0.25) is 9.69 Å². The van der Waals surface area contributed by atoms with Gasteiger partial charge >= 0.3 is 0 Å². The number of amidine groups is 1. The second-order valence-corrected chi connectivity index (χ2v) is 7.38. The molecular formula is C20H17BrN2O2S. The molecule has 0 saturated carbocycles. The Morgan fingerprint density at radius 3 is 2.50 bits per heavy atom. The van der Waals surface area contributed by atoms with Gasteiger partial charge in [-0.1, -0.05) is 34.1 Å². The molecule has 2 aromatic carbocycles. The minimum absolute atomic E-state index is 0.0647. The van der Waals surface area contributed by atoms with Crippen molar-refractivity contribution >= 4 is 50.5 Å². The van der Waals surface area contributed by atoms with Gasteiger partial charge in [-0.15, -0.1) is 6.58 Å². The molecule has 1 heterocycles. The summed E-state index contributed by atoms with van der Waals surface area (Å²) in [7, 11) is 1.62. The summed E-state index contributed by atoms with van der Waals surface area (Å²) in [5.41, 5.74) is 1.73. The van der Waals surface area contributed by atoms with Crippen LogP contribution < -0.4 is 4.74 Å². The Kier molecular flexibility index (Phi) is 5.96. The highest BCUT2D eigenvalue weighted by atomic mass is 79.9. The number of carbonyl (C=O) groups is 1. The lowest BCUT2D eigenvalue weighted by atomic mass is 10.2. The number of carbonyl (C=O) groups excluding carboxylic acids is 1. The third-order valence-corrected chi connectivity index (χ3v) is 5.20. The Balaban J connectivity index is 1.91. The summed E-state index contributed by atoms with van der Waals surface area (Å²) in [4.78, 5) is 19.6. The van der Waals surface area contributed by atoms with Crippen molar-refractivity contribution in [2.75, 3.05) is 13.7 Å². The molecule has 26 heavy (non-hydrogen) atoms. The molecule has 4 nitrogen and oxygen atoms in total. The van der Waals surface area contributed by atoms with Gasteiger partial charge in [0.25, 0.3) is 5.91 Å². The second-order valence-electron chi connectivity index (χ2n) is 5.46. The van der Waals surface area contributed by atoms with Crippen LogP contribution >= 0.6 is 27.7 Å². The first kappa shape index (κ1) is 18.5. The molecule has 0 unspecified atom stereocenters. The number of aliphatic imine (C=N–C) groups is 1. The van der Waals surface area contributed by atoms with Gasteiger partial charge in [0.05, 0.1) is 17.7 Å². The molecule has 1 aliphatic heterocycles. The van der Waals surface area contributed by atoms with E-state index in [9.17, 15) is 4.79 Å². The van der Waals surface area contributed by atoms with E-state index >= 15 is 0 Å². The van der Waals surface area contributed by atoms with Crippen LogP contribution in [0.4, 0.5) is 5.69 Å². The topological polar surface area (TPSA) is 41.9 Å². The first-order valence-corrected chi connectivity index (χ1v) is 9.52. The number of benzene rings is 2. The summed E-state index contributed by atoms with van der Waals surface area (Å²) >= 11 is 4.78. The van der Waals surface area contributed by atoms with Gasteiger partial charge in [-0.05, 0) is 59.8 Å². The number of halogens is 1. The molecule has 1 aliphatic rings. The first-order chi connectivity index (χ1) is 12.6. The molecule has 1 fully saturated rings. The number of methoxy groups -OCH3 is 1. The summed E-state index contributed by atoms with van der Waals surface area (Å²) in [5.74, 6) is 0.702. The van der Waals surface area contributed by atoms with Crippen LogP contribution in [-0.2, 0) is 4.79 Å². The van der Waals surface area contributed by atoms with Crippen LogP contribution in [-0.4, -0.2) is 29.6 Å². The van der Waals surface area contributed by atoms with Crippen molar-refractivity contribution in [2.24, 2.45) is 4.99 Å². The Morgan fingerprint density at radius 1 is 1.19 bits per heavy atom. The van der Waals surface area contributed by atoms with Gasteiger partial charge in [-0.25, -0.2) is 4.99 Å². The summed E-state index contributed by atoms with van der Waals surface area (Å²) in [6, 6.07) is 15.2. The van der Waals surface area contributed by atoms with Crippen molar-refractivity contribution in [2.45, 2.75) is 0 Å². The van der Waals surface area contributed by atoms with Crippen molar-refractivity contribution in [3.63, 3.8) is 0 Å². The number of nitrogens with zero attached hydrogens (tertiary/aromatic N) is 2. The number of hydrogen-bond acceptors (Lipinski definition) is 4. The maximum atomic E-state index is 12.7. The highest BCUT2D eigenvalue weighted by molar-refractivity contribution is 9.10. The average Bonchev–Trinajstić information content (AvgIpc) is 2.93. The van der Waals surface area contributed by atoms with E-state index in [4.69, 9.17) is 4.74 Å². The molecular weight excluding hydrogens is 412 g/mol. The number of thioether (sulfide) groups is 1. The van der Waals surface area contributed by atoms with Crippen LogP contribution in [0.25, 0.3) is 6.08 Å². The van der Waals surface area contributed by atoms with E-state index in [1.165, 1.54) is 11.8 Å². The lowest BCUT2D eigenvalue weighted by Gasteiger charge is -2.12. The lowest BCUT2D eigenvalue weighted by Crippen LogP contribution is -2.29. The zero-order valence-electron chi connectivity index (χ0n) is 14.2. The zero-order chi connectivity index (χ0) is 18.5. The highest BCUT2D eigenvalue weighted by Crippen LogP contribution is 2.34. The van der Waals surface area contributed by atoms with Crippen LogP contribution in [0.15, 0.2) is 75.6 Å². The van der Waals surface area contributed by atoms with Gasteiger partial charge in [0.2, 0.25) is 0 Å². The van der Waals surface area contributed by atoms with Gasteiger partial charge in [-0.2, -0.15) is 0 Å². The minimum Gasteiger partial charge on any atom is -0.497 e. The quantitative estimate of drug-likeness (QED) is 0.482. The van der Waals surface area contributed by atoms with Crippen LogP contribution in [0.5, 0.6) is 5.75 Å². The second kappa shape index (κ2) is 8.38. The van der Waals surface area contributed by atoms with Crippen molar-refractivity contribution in [3.8, 4) is 5.75 Å². The van der Waals surface area contributed by atoms with E-state index < -0.39 is 0 Å². The molecule has 132 valence electrons. The van der Waals surface area contributed by atoms with Gasteiger partial charge in [0.15, 0.2) is 5.17 Å². The molecule has 0 bridgehead atoms. The first-order valence-electron chi connectivity index (χ1n) is 7.91. The third-order valence-electron chi connectivity index (χ3n) is 3.66. The molecule has 0 radical (unpaired) electrons. The molecule has 3 rings (SSSR count). The predicted molar refractivity (Wildman–Crippen MR) is 112 cm³/mol. The number of ether oxygens (including phenoxy) is 1. The summed E-state index contributed by atoms with van der Waals surface area (Å²) in [6.45, 7) is 4.16. The molecule has 2 aromatic rings. The van der Waals surface area contributed by atoms with Gasteiger partial charge in [0.1, 0.15) is 5.75 Å². The lowest BCUT2D eigenvalue weighted by molar-refractivity contribution is -0.121. The predicted octanol–water partition coefficient (Wildman–Crippen LogP) is 5.25. The smallest absolute Gasteiger partial charge is 0.267 e. The largest absolute Gasteiger partial charge is 0.497 e. The maximum absolute atomic E-state index is 12.7. The Bertz CT molecular complexity index is 874. The number of rotatable bonds is 5. The fourth-order valence-corrected chi connectivity index (χ4v) is 3.63. The van der Waals surface area contributed by atoms with E-state index in [-0.39, 0.29) is 5.91 Å². The molecule has 6 heteroatoms.